The fourth-order valence-corrected chi connectivity index (χ4v) is 3.70. The number of nitrogens with one attached hydrogen (secondary N) is 2. The molecule has 2 N–H and O–H groups in total. The number of hydrogen-bond donors (Lipinski definition) is 2. The van der Waals surface area contributed by atoms with Crippen LogP contribution in [0.15, 0.2) is 88.0 Å². The van der Waals surface area contributed by atoms with Crippen LogP contribution in [-0.2, 0) is 9.59 Å². The summed E-state index contributed by atoms with van der Waals surface area (Å²) in [5.41, 5.74) is 1.69. The standard InChI is InChI=1S/C24H17BrClN3O4/c1-33-19-7-3-6-17(13-19)28-22(30)14-4-2-5-16(12-14)27-21-20(26)23(31)29(24(21)32)18-10-8-15(25)9-11-18/h2-13,27H,1H3,(H,28,30). The van der Waals surface area contributed by atoms with Crippen molar-refractivity contribution in [1.82, 2.24) is 0 Å². The van der Waals surface area contributed by atoms with Gasteiger partial charge in [-0.2, -0.15) is 0 Å². The number of halogens is 2. The first-order chi connectivity index (χ1) is 15.9. The minimum absolute atomic E-state index is 0.0602. The molecule has 4 rings (SSSR count). The maximum Gasteiger partial charge on any atom is 0.283 e. The van der Waals surface area contributed by atoms with Crippen molar-refractivity contribution in [3.8, 4) is 5.75 Å². The Kier molecular flexibility index (Phi) is 6.48. The second kappa shape index (κ2) is 9.48. The lowest BCUT2D eigenvalue weighted by Crippen LogP contribution is -2.32. The molecule has 0 aromatic heterocycles. The number of imide groups is 1. The van der Waals surface area contributed by atoms with Gasteiger partial charge in [0.05, 0.1) is 12.8 Å². The molecule has 166 valence electrons. The van der Waals surface area contributed by atoms with Gasteiger partial charge < -0.3 is 15.4 Å². The van der Waals surface area contributed by atoms with Crippen LogP contribution >= 0.6 is 27.5 Å². The lowest BCUT2D eigenvalue weighted by molar-refractivity contribution is -0.120. The molecule has 0 fully saturated rings. The van der Waals surface area contributed by atoms with Crippen molar-refractivity contribution in [2.24, 2.45) is 0 Å². The molecular weight excluding hydrogens is 510 g/mol. The minimum Gasteiger partial charge on any atom is -0.497 e. The summed E-state index contributed by atoms with van der Waals surface area (Å²) < 4.78 is 5.98. The number of ether oxygens (including phenoxy) is 1. The summed E-state index contributed by atoms with van der Waals surface area (Å²) in [5, 5.41) is 5.45. The predicted octanol–water partition coefficient (Wildman–Crippen LogP) is 5.15. The van der Waals surface area contributed by atoms with E-state index in [2.05, 4.69) is 26.6 Å². The maximum atomic E-state index is 12.9. The van der Waals surface area contributed by atoms with Gasteiger partial charge in [0.1, 0.15) is 16.5 Å². The van der Waals surface area contributed by atoms with E-state index in [4.69, 9.17) is 16.3 Å². The minimum atomic E-state index is -0.626. The highest BCUT2D eigenvalue weighted by Crippen LogP contribution is 2.31. The summed E-state index contributed by atoms with van der Waals surface area (Å²) in [5.74, 6) is -0.946. The average molecular weight is 527 g/mol. The summed E-state index contributed by atoms with van der Waals surface area (Å²) in [6, 6.07) is 20.2. The second-order valence-corrected chi connectivity index (χ2v) is 8.30. The van der Waals surface area contributed by atoms with Crippen LogP contribution in [0.4, 0.5) is 17.1 Å². The molecule has 1 aliphatic rings. The molecule has 0 saturated heterocycles. The lowest BCUT2D eigenvalue weighted by atomic mass is 10.1. The molecule has 33 heavy (non-hydrogen) atoms. The summed E-state index contributed by atoms with van der Waals surface area (Å²) in [6.45, 7) is 0. The van der Waals surface area contributed by atoms with E-state index in [1.165, 1.54) is 0 Å². The Balaban J connectivity index is 1.53. The molecule has 0 radical (unpaired) electrons. The fraction of sp³-hybridized carbons (Fsp3) is 0.0417. The summed E-state index contributed by atoms with van der Waals surface area (Å²) in [4.78, 5) is 39.2. The number of carbonyl (C=O) groups is 3. The molecule has 0 unspecified atom stereocenters. The topological polar surface area (TPSA) is 87.7 Å². The van der Waals surface area contributed by atoms with Gasteiger partial charge in [-0.25, -0.2) is 4.90 Å². The fourth-order valence-electron chi connectivity index (χ4n) is 3.22. The molecule has 0 aliphatic carbocycles. The van der Waals surface area contributed by atoms with Crippen LogP contribution in [-0.4, -0.2) is 24.8 Å². The molecule has 0 spiro atoms. The zero-order valence-corrected chi connectivity index (χ0v) is 19.6. The molecule has 3 aromatic rings. The number of carbonyl (C=O) groups excluding carboxylic acids is 3. The zero-order chi connectivity index (χ0) is 23.5. The molecule has 0 atom stereocenters. The van der Waals surface area contributed by atoms with Crippen molar-refractivity contribution in [2.75, 3.05) is 22.6 Å². The van der Waals surface area contributed by atoms with Gasteiger partial charge in [-0.05, 0) is 54.6 Å². The van der Waals surface area contributed by atoms with Gasteiger partial charge in [0, 0.05) is 27.5 Å². The van der Waals surface area contributed by atoms with Crippen LogP contribution in [0.1, 0.15) is 10.4 Å². The quantitative estimate of drug-likeness (QED) is 0.434. The number of methoxy groups -OCH3 is 1. The Morgan fingerprint density at radius 3 is 2.36 bits per heavy atom. The van der Waals surface area contributed by atoms with Crippen molar-refractivity contribution in [1.29, 1.82) is 0 Å². The highest BCUT2D eigenvalue weighted by molar-refractivity contribution is 9.10. The Hall–Kier alpha value is -3.62. The summed E-state index contributed by atoms with van der Waals surface area (Å²) in [6.07, 6.45) is 0. The Morgan fingerprint density at radius 1 is 0.939 bits per heavy atom. The highest BCUT2D eigenvalue weighted by atomic mass is 79.9. The largest absolute Gasteiger partial charge is 0.497 e. The van der Waals surface area contributed by atoms with E-state index in [9.17, 15) is 14.4 Å². The van der Waals surface area contributed by atoms with Crippen LogP contribution in [0.2, 0.25) is 0 Å². The monoisotopic (exact) mass is 525 g/mol. The Morgan fingerprint density at radius 2 is 1.64 bits per heavy atom. The molecule has 3 aromatic carbocycles. The van der Waals surface area contributed by atoms with E-state index in [1.807, 2.05) is 0 Å². The smallest absolute Gasteiger partial charge is 0.283 e. The first-order valence-electron chi connectivity index (χ1n) is 9.74. The Bertz CT molecular complexity index is 1290. The third-order valence-corrected chi connectivity index (χ3v) is 5.71. The van der Waals surface area contributed by atoms with Gasteiger partial charge in [-0.15, -0.1) is 0 Å². The predicted molar refractivity (Wildman–Crippen MR) is 131 cm³/mol. The number of rotatable bonds is 6. The molecule has 3 amide bonds. The van der Waals surface area contributed by atoms with Crippen LogP contribution in [0.3, 0.4) is 0 Å². The van der Waals surface area contributed by atoms with Crippen molar-refractivity contribution in [2.45, 2.75) is 0 Å². The van der Waals surface area contributed by atoms with Crippen molar-refractivity contribution in [3.63, 3.8) is 0 Å². The first-order valence-corrected chi connectivity index (χ1v) is 10.9. The number of anilines is 3. The third kappa shape index (κ3) is 4.76. The van der Waals surface area contributed by atoms with Gasteiger partial charge in [-0.3, -0.25) is 14.4 Å². The summed E-state index contributed by atoms with van der Waals surface area (Å²) >= 11 is 9.51. The van der Waals surface area contributed by atoms with Gasteiger partial charge in [0.2, 0.25) is 0 Å². The second-order valence-electron chi connectivity index (χ2n) is 7.00. The van der Waals surface area contributed by atoms with Crippen LogP contribution in [0.25, 0.3) is 0 Å². The van der Waals surface area contributed by atoms with Crippen LogP contribution in [0.5, 0.6) is 5.75 Å². The number of amides is 3. The third-order valence-electron chi connectivity index (χ3n) is 4.83. The Labute approximate surface area is 203 Å². The van der Waals surface area contributed by atoms with Crippen molar-refractivity contribution >= 4 is 62.3 Å². The molecule has 0 bridgehead atoms. The zero-order valence-electron chi connectivity index (χ0n) is 17.3. The van der Waals surface area contributed by atoms with Gasteiger partial charge in [0.25, 0.3) is 17.7 Å². The van der Waals surface area contributed by atoms with Crippen LogP contribution < -0.4 is 20.3 Å². The van der Waals surface area contributed by atoms with E-state index in [-0.39, 0.29) is 16.6 Å². The van der Waals surface area contributed by atoms with E-state index in [1.54, 1.807) is 79.9 Å². The summed E-state index contributed by atoms with van der Waals surface area (Å²) in [7, 11) is 1.54. The van der Waals surface area contributed by atoms with E-state index in [0.717, 1.165) is 9.37 Å². The SMILES string of the molecule is COc1cccc(NC(=O)c2cccc(NC3=C(Cl)C(=O)N(c4ccc(Br)cc4)C3=O)c2)c1. The molecule has 1 heterocycles. The van der Waals surface area contributed by atoms with E-state index in [0.29, 0.717) is 28.4 Å². The molecular formula is C24H17BrClN3O4. The first kappa shape index (κ1) is 22.6. The van der Waals surface area contributed by atoms with Crippen molar-refractivity contribution < 1.29 is 19.1 Å². The van der Waals surface area contributed by atoms with Gasteiger partial charge in [-0.1, -0.05) is 39.7 Å². The van der Waals surface area contributed by atoms with E-state index >= 15 is 0 Å². The highest BCUT2D eigenvalue weighted by Gasteiger charge is 2.38. The number of benzene rings is 3. The van der Waals surface area contributed by atoms with Gasteiger partial charge in [0.15, 0.2) is 0 Å². The van der Waals surface area contributed by atoms with Crippen molar-refractivity contribution in [3.05, 3.63) is 93.6 Å². The number of nitrogens with zero attached hydrogens (tertiary/aromatic N) is 1. The molecule has 0 saturated carbocycles. The molecule has 7 nitrogen and oxygen atoms in total. The van der Waals surface area contributed by atoms with Crippen LogP contribution in [0, 0.1) is 0 Å². The van der Waals surface area contributed by atoms with E-state index < -0.39 is 11.8 Å². The lowest BCUT2D eigenvalue weighted by Gasteiger charge is -2.15. The molecule has 1 aliphatic heterocycles. The normalized spacial score (nSPS) is 13.4. The average Bonchev–Trinajstić information content (AvgIpc) is 3.03. The van der Waals surface area contributed by atoms with Gasteiger partial charge >= 0.3 is 0 Å². The molecule has 9 heteroatoms. The maximum absolute atomic E-state index is 12.9. The number of hydrogen-bond acceptors (Lipinski definition) is 5.